The summed E-state index contributed by atoms with van der Waals surface area (Å²) in [6.45, 7) is 7.85. The number of hydrogen-bond acceptors (Lipinski definition) is 4. The van der Waals surface area contributed by atoms with Crippen LogP contribution in [-0.4, -0.2) is 34.0 Å². The average molecular weight is 266 g/mol. The van der Waals surface area contributed by atoms with E-state index in [-0.39, 0.29) is 0 Å². The van der Waals surface area contributed by atoms with Gasteiger partial charge in [-0.2, -0.15) is 0 Å². The normalized spacial score (nSPS) is 23.9. The number of hydrogen-bond donors (Lipinski definition) is 1. The Kier molecular flexibility index (Phi) is 3.94. The molecule has 1 aliphatic rings. The maximum Gasteiger partial charge on any atom is 0.310 e. The summed E-state index contributed by atoms with van der Waals surface area (Å²) in [5, 5.41) is 9.46. The average Bonchev–Trinajstić information content (AvgIpc) is 2.86. The third kappa shape index (κ3) is 2.81. The first kappa shape index (κ1) is 14.1. The molecule has 1 saturated heterocycles. The van der Waals surface area contributed by atoms with Gasteiger partial charge in [0.15, 0.2) is 0 Å². The van der Waals surface area contributed by atoms with Gasteiger partial charge in [-0.25, -0.2) is 4.98 Å². The molecule has 1 unspecified atom stereocenters. The van der Waals surface area contributed by atoms with E-state index >= 15 is 0 Å². The fraction of sp³-hybridized carbons (Fsp3) is 0.714. The molecule has 0 saturated carbocycles. The van der Waals surface area contributed by atoms with E-state index in [4.69, 9.17) is 4.42 Å². The molecule has 0 spiro atoms. The topological polar surface area (TPSA) is 66.6 Å². The minimum atomic E-state index is -0.670. The molecule has 19 heavy (non-hydrogen) atoms. The molecule has 0 aliphatic carbocycles. The van der Waals surface area contributed by atoms with Gasteiger partial charge in [-0.3, -0.25) is 9.69 Å². The number of carboxylic acids is 1. The molecule has 1 atom stereocenters. The summed E-state index contributed by atoms with van der Waals surface area (Å²) in [6, 6.07) is 0. The van der Waals surface area contributed by atoms with Crippen molar-refractivity contribution < 1.29 is 14.3 Å². The Labute approximate surface area is 113 Å². The van der Waals surface area contributed by atoms with Gasteiger partial charge >= 0.3 is 5.97 Å². The molecule has 2 rings (SSSR count). The van der Waals surface area contributed by atoms with Crippen molar-refractivity contribution >= 4 is 5.97 Å². The van der Waals surface area contributed by atoms with Gasteiger partial charge in [-0.15, -0.1) is 0 Å². The van der Waals surface area contributed by atoms with Crippen LogP contribution >= 0.6 is 0 Å². The number of oxazole rings is 1. The fourth-order valence-electron chi connectivity index (χ4n) is 2.86. The number of aromatic nitrogens is 1. The van der Waals surface area contributed by atoms with Gasteiger partial charge in [0.2, 0.25) is 5.89 Å². The first-order chi connectivity index (χ1) is 8.97. The van der Waals surface area contributed by atoms with Crippen LogP contribution in [0.4, 0.5) is 0 Å². The number of carboxylic acid groups (broad SMARTS) is 1. The maximum absolute atomic E-state index is 11.5. The smallest absolute Gasteiger partial charge is 0.310 e. The molecule has 0 aromatic carbocycles. The van der Waals surface area contributed by atoms with Crippen LogP contribution in [0.2, 0.25) is 0 Å². The lowest BCUT2D eigenvalue weighted by atomic mass is 9.83. The molecule has 5 heteroatoms. The SMILES string of the molecule is CCCC1(C(=O)O)CCN(Cc2nc(C)c(C)o2)C1. The number of rotatable bonds is 5. The van der Waals surface area contributed by atoms with Crippen LogP contribution in [0.1, 0.15) is 43.5 Å². The second-order valence-electron chi connectivity index (χ2n) is 5.55. The quantitative estimate of drug-likeness (QED) is 0.886. The standard InChI is InChI=1S/C14H22N2O3/c1-4-5-14(13(17)18)6-7-16(9-14)8-12-15-10(2)11(3)19-12/h4-9H2,1-3H3,(H,17,18). The summed E-state index contributed by atoms with van der Waals surface area (Å²) in [4.78, 5) is 18.0. The predicted molar refractivity (Wildman–Crippen MR) is 70.8 cm³/mol. The zero-order chi connectivity index (χ0) is 14.0. The molecule has 1 N–H and O–H groups in total. The lowest BCUT2D eigenvalue weighted by Gasteiger charge is -2.23. The van der Waals surface area contributed by atoms with E-state index in [1.807, 2.05) is 20.8 Å². The second kappa shape index (κ2) is 5.33. The van der Waals surface area contributed by atoms with Crippen LogP contribution in [0.25, 0.3) is 0 Å². The van der Waals surface area contributed by atoms with Gasteiger partial charge < -0.3 is 9.52 Å². The van der Waals surface area contributed by atoms with Crippen LogP contribution in [0, 0.1) is 19.3 Å². The Morgan fingerprint density at radius 2 is 2.26 bits per heavy atom. The summed E-state index contributed by atoms with van der Waals surface area (Å²) < 4.78 is 5.56. The molecule has 1 aromatic rings. The highest BCUT2D eigenvalue weighted by molar-refractivity contribution is 5.75. The van der Waals surface area contributed by atoms with Crippen molar-refractivity contribution in [1.82, 2.24) is 9.88 Å². The van der Waals surface area contributed by atoms with Gasteiger partial charge in [0.05, 0.1) is 17.7 Å². The van der Waals surface area contributed by atoms with Crippen LogP contribution < -0.4 is 0 Å². The highest BCUT2D eigenvalue weighted by atomic mass is 16.4. The van der Waals surface area contributed by atoms with Gasteiger partial charge in [-0.1, -0.05) is 13.3 Å². The molecule has 1 fully saturated rings. The van der Waals surface area contributed by atoms with Crippen molar-refractivity contribution in [3.05, 3.63) is 17.3 Å². The summed E-state index contributed by atoms with van der Waals surface area (Å²) in [7, 11) is 0. The van der Waals surface area contributed by atoms with Crippen molar-refractivity contribution in [3.63, 3.8) is 0 Å². The summed E-state index contributed by atoms with van der Waals surface area (Å²) in [6.07, 6.45) is 2.36. The summed E-state index contributed by atoms with van der Waals surface area (Å²) >= 11 is 0. The number of nitrogens with zero attached hydrogens (tertiary/aromatic N) is 2. The van der Waals surface area contributed by atoms with Crippen molar-refractivity contribution in [3.8, 4) is 0 Å². The van der Waals surface area contributed by atoms with Gasteiger partial charge in [0.1, 0.15) is 5.76 Å². The van der Waals surface area contributed by atoms with Crippen molar-refractivity contribution in [1.29, 1.82) is 0 Å². The Bertz CT molecular complexity index is 450. The fourth-order valence-corrected chi connectivity index (χ4v) is 2.86. The lowest BCUT2D eigenvalue weighted by Crippen LogP contribution is -2.34. The Morgan fingerprint density at radius 3 is 2.79 bits per heavy atom. The number of aryl methyl sites for hydroxylation is 2. The lowest BCUT2D eigenvalue weighted by molar-refractivity contribution is -0.148. The number of likely N-dealkylation sites (tertiary alicyclic amines) is 1. The minimum absolute atomic E-state index is 0.578. The van der Waals surface area contributed by atoms with Crippen molar-refractivity contribution in [2.24, 2.45) is 5.41 Å². The van der Waals surface area contributed by atoms with Gasteiger partial charge in [0, 0.05) is 6.54 Å². The Morgan fingerprint density at radius 1 is 1.53 bits per heavy atom. The third-order valence-corrected chi connectivity index (χ3v) is 4.05. The molecular formula is C14H22N2O3. The largest absolute Gasteiger partial charge is 0.481 e. The molecule has 0 radical (unpaired) electrons. The monoisotopic (exact) mass is 266 g/mol. The zero-order valence-electron chi connectivity index (χ0n) is 11.9. The third-order valence-electron chi connectivity index (χ3n) is 4.05. The zero-order valence-corrected chi connectivity index (χ0v) is 11.9. The molecule has 5 nitrogen and oxygen atoms in total. The van der Waals surface area contributed by atoms with E-state index in [1.165, 1.54) is 0 Å². The molecular weight excluding hydrogens is 244 g/mol. The molecule has 0 amide bonds. The molecule has 1 aliphatic heterocycles. The van der Waals surface area contributed by atoms with Gasteiger partial charge in [0.25, 0.3) is 0 Å². The van der Waals surface area contributed by atoms with E-state index in [2.05, 4.69) is 9.88 Å². The minimum Gasteiger partial charge on any atom is -0.481 e. The molecule has 2 heterocycles. The van der Waals surface area contributed by atoms with Crippen LogP contribution in [0.5, 0.6) is 0 Å². The van der Waals surface area contributed by atoms with E-state index in [9.17, 15) is 9.90 Å². The molecule has 106 valence electrons. The molecule has 1 aromatic heterocycles. The highest BCUT2D eigenvalue weighted by Crippen LogP contribution is 2.36. The highest BCUT2D eigenvalue weighted by Gasteiger charge is 2.44. The first-order valence-corrected chi connectivity index (χ1v) is 6.85. The predicted octanol–water partition coefficient (Wildman–Crippen LogP) is 2.37. The number of carbonyl (C=O) groups is 1. The molecule has 0 bridgehead atoms. The summed E-state index contributed by atoms with van der Waals surface area (Å²) in [5.74, 6) is 0.858. The van der Waals surface area contributed by atoms with Gasteiger partial charge in [-0.05, 0) is 33.2 Å². The van der Waals surface area contributed by atoms with Crippen LogP contribution in [0.3, 0.4) is 0 Å². The summed E-state index contributed by atoms with van der Waals surface area (Å²) in [5.41, 5.74) is 0.332. The van der Waals surface area contributed by atoms with E-state index < -0.39 is 11.4 Å². The second-order valence-corrected chi connectivity index (χ2v) is 5.55. The van der Waals surface area contributed by atoms with E-state index in [0.717, 1.165) is 37.3 Å². The van der Waals surface area contributed by atoms with Crippen molar-refractivity contribution in [2.45, 2.75) is 46.6 Å². The van der Waals surface area contributed by atoms with Crippen molar-refractivity contribution in [2.75, 3.05) is 13.1 Å². The first-order valence-electron chi connectivity index (χ1n) is 6.85. The van der Waals surface area contributed by atoms with Crippen LogP contribution in [0.15, 0.2) is 4.42 Å². The van der Waals surface area contributed by atoms with E-state index in [0.29, 0.717) is 19.0 Å². The van der Waals surface area contributed by atoms with E-state index in [1.54, 1.807) is 0 Å². The number of aliphatic carboxylic acids is 1. The maximum atomic E-state index is 11.5. The Hall–Kier alpha value is -1.36. The van der Waals surface area contributed by atoms with Crippen LogP contribution in [-0.2, 0) is 11.3 Å². The Balaban J connectivity index is 2.03.